The average molecular weight is 324 g/mol. The van der Waals surface area contributed by atoms with Crippen LogP contribution in [0.2, 0.25) is 0 Å². The predicted molar refractivity (Wildman–Crippen MR) is 89.2 cm³/mol. The van der Waals surface area contributed by atoms with Gasteiger partial charge in [0.25, 0.3) is 11.9 Å². The quantitative estimate of drug-likeness (QED) is 0.636. The van der Waals surface area contributed by atoms with Crippen LogP contribution in [0.1, 0.15) is 25.0 Å². The molecular weight excluding hydrogens is 308 g/mol. The molecule has 0 saturated heterocycles. The molecule has 0 unspecified atom stereocenters. The van der Waals surface area contributed by atoms with E-state index in [0.29, 0.717) is 10.8 Å². The Kier molecular flexibility index (Phi) is 5.72. The summed E-state index contributed by atoms with van der Waals surface area (Å²) in [6.45, 7) is 2.59. The lowest BCUT2D eigenvalue weighted by Gasteiger charge is -2.16. The maximum Gasteiger partial charge on any atom is 0.484 e. The summed E-state index contributed by atoms with van der Waals surface area (Å²) in [6, 6.07) is 16.8. The minimum absolute atomic E-state index is 0.478. The van der Waals surface area contributed by atoms with Crippen molar-refractivity contribution >= 4 is 26.4 Å². The van der Waals surface area contributed by atoms with Gasteiger partial charge in [-0.15, -0.1) is 0 Å². The zero-order valence-electron chi connectivity index (χ0n) is 12.9. The van der Waals surface area contributed by atoms with E-state index in [4.69, 9.17) is 8.85 Å². The molecule has 5 heteroatoms. The monoisotopic (exact) mass is 324 g/mol. The molecule has 0 saturated carbocycles. The highest BCUT2D eigenvalue weighted by atomic mass is 28.3. The van der Waals surface area contributed by atoms with Crippen LogP contribution in [0.3, 0.4) is 0 Å². The maximum absolute atomic E-state index is 11.3. The third-order valence-corrected chi connectivity index (χ3v) is 4.98. The SMILES string of the molecule is CC(=O)O[SiH](OC(C)=O)c1ccccc1C#Cc1ccccc1. The standard InChI is InChI=1S/C18H16O4Si/c1-14(19)21-23(22-15(2)20)18-11-7-6-10-17(18)13-12-16-8-4-3-5-9-16/h3-11,23H,1-2H3. The zero-order valence-corrected chi connectivity index (χ0v) is 14.1. The molecule has 0 aliphatic rings. The molecule has 0 atom stereocenters. The van der Waals surface area contributed by atoms with Crippen molar-refractivity contribution in [3.63, 3.8) is 0 Å². The van der Waals surface area contributed by atoms with Crippen LogP contribution in [0.5, 0.6) is 0 Å². The molecule has 0 spiro atoms. The van der Waals surface area contributed by atoms with Crippen molar-refractivity contribution < 1.29 is 18.4 Å². The van der Waals surface area contributed by atoms with Crippen LogP contribution >= 0.6 is 0 Å². The van der Waals surface area contributed by atoms with Gasteiger partial charge >= 0.3 is 9.28 Å². The van der Waals surface area contributed by atoms with Crippen LogP contribution in [0.25, 0.3) is 0 Å². The van der Waals surface area contributed by atoms with Crippen LogP contribution in [-0.2, 0) is 18.4 Å². The van der Waals surface area contributed by atoms with Crippen molar-refractivity contribution in [2.45, 2.75) is 13.8 Å². The number of hydrogen-bond donors (Lipinski definition) is 0. The molecule has 23 heavy (non-hydrogen) atoms. The van der Waals surface area contributed by atoms with Gasteiger partial charge in [0.2, 0.25) is 0 Å². The Hall–Kier alpha value is -2.84. The zero-order chi connectivity index (χ0) is 16.7. The minimum Gasteiger partial charge on any atom is -0.484 e. The highest BCUT2D eigenvalue weighted by Gasteiger charge is 2.25. The fourth-order valence-corrected chi connectivity index (χ4v) is 3.53. The molecule has 0 fully saturated rings. The van der Waals surface area contributed by atoms with Gasteiger partial charge in [-0.25, -0.2) is 0 Å². The van der Waals surface area contributed by atoms with Crippen molar-refractivity contribution in [2.24, 2.45) is 0 Å². The molecule has 0 bridgehead atoms. The first-order valence-corrected chi connectivity index (χ1v) is 8.58. The molecule has 2 aromatic rings. The van der Waals surface area contributed by atoms with Gasteiger partial charge in [-0.1, -0.05) is 48.2 Å². The Labute approximate surface area is 136 Å². The fourth-order valence-electron chi connectivity index (χ4n) is 1.93. The summed E-state index contributed by atoms with van der Waals surface area (Å²) in [5.74, 6) is 5.16. The molecule has 0 heterocycles. The molecule has 0 N–H and O–H groups in total. The average Bonchev–Trinajstić information content (AvgIpc) is 2.53. The molecule has 0 amide bonds. The van der Waals surface area contributed by atoms with E-state index in [9.17, 15) is 9.59 Å². The second-order valence-corrected chi connectivity index (χ2v) is 6.51. The highest BCUT2D eigenvalue weighted by Crippen LogP contribution is 2.02. The molecule has 0 radical (unpaired) electrons. The van der Waals surface area contributed by atoms with Crippen molar-refractivity contribution in [3.8, 4) is 11.8 Å². The molecule has 0 aliphatic heterocycles. The first kappa shape index (κ1) is 16.5. The summed E-state index contributed by atoms with van der Waals surface area (Å²) in [6.07, 6.45) is 0. The lowest BCUT2D eigenvalue weighted by molar-refractivity contribution is -0.137. The maximum atomic E-state index is 11.3. The first-order chi connectivity index (χ1) is 11.1. The normalized spacial score (nSPS) is 9.70. The van der Waals surface area contributed by atoms with E-state index in [-0.39, 0.29) is 0 Å². The smallest absolute Gasteiger partial charge is 0.484 e. The van der Waals surface area contributed by atoms with E-state index in [1.165, 1.54) is 13.8 Å². The van der Waals surface area contributed by atoms with Gasteiger partial charge in [0, 0.05) is 30.2 Å². The number of hydrogen-bond acceptors (Lipinski definition) is 4. The van der Waals surface area contributed by atoms with Gasteiger partial charge in [-0.2, -0.15) is 0 Å². The van der Waals surface area contributed by atoms with E-state index >= 15 is 0 Å². The molecule has 0 aromatic heterocycles. The van der Waals surface area contributed by atoms with E-state index < -0.39 is 21.2 Å². The topological polar surface area (TPSA) is 52.6 Å². The molecule has 2 rings (SSSR count). The summed E-state index contributed by atoms with van der Waals surface area (Å²) >= 11 is 0. The van der Waals surface area contributed by atoms with E-state index in [0.717, 1.165) is 5.56 Å². The number of rotatable bonds is 3. The largest absolute Gasteiger partial charge is 0.484 e. The van der Waals surface area contributed by atoms with Gasteiger partial charge < -0.3 is 8.85 Å². The summed E-state index contributed by atoms with van der Waals surface area (Å²) in [5.41, 5.74) is 1.57. The van der Waals surface area contributed by atoms with Crippen LogP contribution in [-0.4, -0.2) is 21.2 Å². The summed E-state index contributed by atoms with van der Waals surface area (Å²) in [5, 5.41) is 0.668. The third-order valence-electron chi connectivity index (χ3n) is 2.88. The summed E-state index contributed by atoms with van der Waals surface area (Å²) in [4.78, 5) is 22.6. The lowest BCUT2D eigenvalue weighted by atomic mass is 10.2. The van der Waals surface area contributed by atoms with Gasteiger partial charge in [0.05, 0.1) is 0 Å². The molecule has 2 aromatic carbocycles. The second-order valence-electron chi connectivity index (χ2n) is 4.75. The van der Waals surface area contributed by atoms with E-state index in [1.807, 2.05) is 42.5 Å². The second kappa shape index (κ2) is 7.97. The summed E-state index contributed by atoms with van der Waals surface area (Å²) in [7, 11) is -2.67. The number of carbonyl (C=O) groups is 2. The van der Waals surface area contributed by atoms with Crippen LogP contribution in [0.15, 0.2) is 54.6 Å². The van der Waals surface area contributed by atoms with Crippen molar-refractivity contribution in [3.05, 3.63) is 65.7 Å². The Balaban J connectivity index is 2.37. The van der Waals surface area contributed by atoms with Crippen molar-refractivity contribution in [1.82, 2.24) is 0 Å². The van der Waals surface area contributed by atoms with Crippen LogP contribution < -0.4 is 5.19 Å². The van der Waals surface area contributed by atoms with Gasteiger partial charge in [-0.05, 0) is 18.2 Å². The van der Waals surface area contributed by atoms with Gasteiger partial charge in [-0.3, -0.25) is 9.59 Å². The van der Waals surface area contributed by atoms with Crippen LogP contribution in [0, 0.1) is 11.8 Å². The third kappa shape index (κ3) is 5.13. The molecule has 4 nitrogen and oxygen atoms in total. The van der Waals surface area contributed by atoms with Crippen LogP contribution in [0.4, 0.5) is 0 Å². The lowest BCUT2D eigenvalue weighted by Crippen LogP contribution is -2.41. The summed E-state index contributed by atoms with van der Waals surface area (Å²) < 4.78 is 10.5. The van der Waals surface area contributed by atoms with Gasteiger partial charge in [0.15, 0.2) is 0 Å². The Morgan fingerprint density at radius 1 is 0.826 bits per heavy atom. The van der Waals surface area contributed by atoms with Gasteiger partial charge in [0.1, 0.15) is 0 Å². The fraction of sp³-hybridized carbons (Fsp3) is 0.111. The molecular formula is C18H16O4Si. The Morgan fingerprint density at radius 3 is 2.00 bits per heavy atom. The predicted octanol–water partition coefficient (Wildman–Crippen LogP) is 1.64. The van der Waals surface area contributed by atoms with Crippen molar-refractivity contribution in [2.75, 3.05) is 0 Å². The molecule has 0 aliphatic carbocycles. The molecule has 116 valence electrons. The van der Waals surface area contributed by atoms with Crippen molar-refractivity contribution in [1.29, 1.82) is 0 Å². The number of carbonyl (C=O) groups excluding carboxylic acids is 2. The highest BCUT2D eigenvalue weighted by molar-refractivity contribution is 6.65. The van der Waals surface area contributed by atoms with E-state index in [2.05, 4.69) is 11.8 Å². The first-order valence-electron chi connectivity index (χ1n) is 7.06. The minimum atomic E-state index is -2.67. The Morgan fingerprint density at radius 2 is 1.39 bits per heavy atom. The van der Waals surface area contributed by atoms with E-state index in [1.54, 1.807) is 12.1 Å². The Bertz CT molecular complexity index is 743. The number of benzene rings is 2.